The molecule has 0 aliphatic carbocycles. The van der Waals surface area contributed by atoms with Gasteiger partial charge in [0.1, 0.15) is 0 Å². The van der Waals surface area contributed by atoms with Gasteiger partial charge in [0.15, 0.2) is 0 Å². The molecular formula is C18H21BrN4O. The van der Waals surface area contributed by atoms with E-state index in [1.807, 2.05) is 24.7 Å². The summed E-state index contributed by atoms with van der Waals surface area (Å²) in [6.45, 7) is 4.23. The fourth-order valence-electron chi connectivity index (χ4n) is 3.83. The number of piperidine rings is 1. The summed E-state index contributed by atoms with van der Waals surface area (Å²) in [4.78, 5) is 13.6. The van der Waals surface area contributed by atoms with E-state index in [-0.39, 0.29) is 0 Å². The predicted octanol–water partition coefficient (Wildman–Crippen LogP) is 2.71. The van der Waals surface area contributed by atoms with Crippen molar-refractivity contribution in [2.45, 2.75) is 31.6 Å². The van der Waals surface area contributed by atoms with Gasteiger partial charge in [-0.3, -0.25) is 14.8 Å². The third-order valence-electron chi connectivity index (χ3n) is 4.96. The van der Waals surface area contributed by atoms with Gasteiger partial charge in [0.25, 0.3) is 0 Å². The highest BCUT2D eigenvalue weighted by Gasteiger charge is 2.44. The molecule has 0 N–H and O–H groups in total. The molecule has 0 radical (unpaired) electrons. The maximum atomic E-state index is 5.23. The lowest BCUT2D eigenvalue weighted by Crippen LogP contribution is -2.67. The molecule has 2 aromatic heterocycles. The van der Waals surface area contributed by atoms with Crippen LogP contribution in [0.3, 0.4) is 0 Å². The number of ether oxygens (including phenoxy) is 1. The second kappa shape index (κ2) is 6.78. The largest absolute Gasteiger partial charge is 0.481 e. The number of aromatic nitrogens is 2. The van der Waals surface area contributed by atoms with Crippen LogP contribution in [0.5, 0.6) is 5.88 Å². The predicted molar refractivity (Wildman–Crippen MR) is 95.7 cm³/mol. The summed E-state index contributed by atoms with van der Waals surface area (Å²) in [5, 5.41) is 0. The van der Waals surface area contributed by atoms with Gasteiger partial charge in [-0.15, -0.1) is 0 Å². The third-order valence-corrected chi connectivity index (χ3v) is 5.39. The van der Waals surface area contributed by atoms with Crippen molar-refractivity contribution < 1.29 is 4.74 Å². The van der Waals surface area contributed by atoms with Crippen LogP contribution >= 0.6 is 15.9 Å². The molecule has 2 unspecified atom stereocenters. The van der Waals surface area contributed by atoms with E-state index in [9.17, 15) is 0 Å². The fraction of sp³-hybridized carbons (Fsp3) is 0.444. The summed E-state index contributed by atoms with van der Waals surface area (Å²) in [5.41, 5.74) is 2.55. The van der Waals surface area contributed by atoms with Crippen LogP contribution in [0, 0.1) is 0 Å². The molecule has 3 fully saturated rings. The van der Waals surface area contributed by atoms with Crippen LogP contribution in [0.15, 0.2) is 41.3 Å². The number of hydrogen-bond donors (Lipinski definition) is 0. The molecule has 5 heterocycles. The fourth-order valence-corrected chi connectivity index (χ4v) is 4.25. The summed E-state index contributed by atoms with van der Waals surface area (Å²) >= 11 is 3.50. The molecule has 0 saturated carbocycles. The molecule has 5 nitrogen and oxygen atoms in total. The molecule has 3 aliphatic rings. The van der Waals surface area contributed by atoms with Crippen LogP contribution in [0.2, 0.25) is 0 Å². The van der Waals surface area contributed by atoms with E-state index >= 15 is 0 Å². The number of piperazine rings is 1. The van der Waals surface area contributed by atoms with Crippen LogP contribution in [0.4, 0.5) is 0 Å². The first kappa shape index (κ1) is 16.0. The van der Waals surface area contributed by atoms with Crippen molar-refractivity contribution in [2.75, 3.05) is 20.2 Å². The van der Waals surface area contributed by atoms with E-state index in [2.05, 4.69) is 47.8 Å². The van der Waals surface area contributed by atoms with Crippen molar-refractivity contribution in [1.29, 1.82) is 0 Å². The van der Waals surface area contributed by atoms with Crippen LogP contribution in [-0.2, 0) is 13.1 Å². The first-order valence-electron chi connectivity index (χ1n) is 8.28. The Hall–Kier alpha value is -1.50. The van der Waals surface area contributed by atoms with Crippen molar-refractivity contribution in [3.05, 3.63) is 52.4 Å². The second-order valence-corrected chi connectivity index (χ2v) is 7.54. The van der Waals surface area contributed by atoms with E-state index in [1.165, 1.54) is 17.5 Å². The van der Waals surface area contributed by atoms with Crippen LogP contribution in [0.25, 0.3) is 0 Å². The molecule has 0 amide bonds. The highest BCUT2D eigenvalue weighted by molar-refractivity contribution is 9.10. The molecule has 2 atom stereocenters. The molecular weight excluding hydrogens is 368 g/mol. The second-order valence-electron chi connectivity index (χ2n) is 6.63. The van der Waals surface area contributed by atoms with Gasteiger partial charge in [0.05, 0.1) is 7.11 Å². The molecule has 3 aliphatic heterocycles. The summed E-state index contributed by atoms with van der Waals surface area (Å²) in [5.74, 6) is 0.696. The van der Waals surface area contributed by atoms with Gasteiger partial charge in [-0.2, -0.15) is 0 Å². The Morgan fingerprint density at radius 3 is 2.75 bits per heavy atom. The Morgan fingerprint density at radius 1 is 1.17 bits per heavy atom. The topological polar surface area (TPSA) is 41.5 Å². The van der Waals surface area contributed by atoms with Crippen LogP contribution in [-0.4, -0.2) is 52.1 Å². The number of hydrogen-bond acceptors (Lipinski definition) is 5. The minimum Gasteiger partial charge on any atom is -0.481 e. The van der Waals surface area contributed by atoms with E-state index in [1.54, 1.807) is 7.11 Å². The zero-order valence-electron chi connectivity index (χ0n) is 13.7. The number of halogens is 1. The number of fused-ring (bicyclic) bond motifs is 2. The van der Waals surface area contributed by atoms with Crippen LogP contribution < -0.4 is 4.74 Å². The van der Waals surface area contributed by atoms with Crippen molar-refractivity contribution in [3.8, 4) is 5.88 Å². The first-order chi connectivity index (χ1) is 11.7. The average molecular weight is 389 g/mol. The zero-order valence-corrected chi connectivity index (χ0v) is 15.3. The van der Waals surface area contributed by atoms with E-state index in [4.69, 9.17) is 4.74 Å². The lowest BCUT2D eigenvalue weighted by Gasteiger charge is -2.56. The Kier molecular flexibility index (Phi) is 4.52. The molecule has 2 bridgehead atoms. The minimum absolute atomic E-state index is 0.656. The minimum atomic E-state index is 0.656. The normalized spacial score (nSPS) is 23.8. The monoisotopic (exact) mass is 388 g/mol. The Balaban J connectivity index is 1.36. The SMILES string of the molecule is COc1cc(CN2C3CC2CN(Cc2cncc(Br)c2)C3)ccn1. The number of pyridine rings is 2. The molecule has 0 aromatic carbocycles. The smallest absolute Gasteiger partial charge is 0.213 e. The first-order valence-corrected chi connectivity index (χ1v) is 9.07. The standard InChI is InChI=1S/C18H21BrN4O/c1-24-18-5-13(2-3-21-18)10-23-16-6-17(23)12-22(11-16)9-14-4-15(19)8-20-7-14/h2-5,7-8,16-17H,6,9-12H2,1H3. The maximum Gasteiger partial charge on any atom is 0.213 e. The van der Waals surface area contributed by atoms with Gasteiger partial charge in [-0.05, 0) is 45.6 Å². The summed E-state index contributed by atoms with van der Waals surface area (Å²) < 4.78 is 6.28. The van der Waals surface area contributed by atoms with Gasteiger partial charge in [0, 0.05) is 67.4 Å². The Labute approximate surface area is 150 Å². The van der Waals surface area contributed by atoms with Gasteiger partial charge in [-0.25, -0.2) is 4.98 Å². The molecule has 2 aromatic rings. The van der Waals surface area contributed by atoms with Crippen molar-refractivity contribution >= 4 is 15.9 Å². The molecule has 5 rings (SSSR count). The zero-order chi connectivity index (χ0) is 16.5. The van der Waals surface area contributed by atoms with Crippen molar-refractivity contribution in [3.63, 3.8) is 0 Å². The van der Waals surface area contributed by atoms with Gasteiger partial charge < -0.3 is 4.74 Å². The molecule has 24 heavy (non-hydrogen) atoms. The molecule has 6 heteroatoms. The summed E-state index contributed by atoms with van der Waals surface area (Å²) in [7, 11) is 1.67. The summed E-state index contributed by atoms with van der Waals surface area (Å²) in [6, 6.07) is 7.60. The van der Waals surface area contributed by atoms with E-state index in [0.29, 0.717) is 18.0 Å². The highest BCUT2D eigenvalue weighted by atomic mass is 79.9. The van der Waals surface area contributed by atoms with Crippen molar-refractivity contribution in [1.82, 2.24) is 19.8 Å². The number of methoxy groups -OCH3 is 1. The third kappa shape index (κ3) is 3.31. The maximum absolute atomic E-state index is 5.23. The molecule has 3 saturated heterocycles. The van der Waals surface area contributed by atoms with Gasteiger partial charge >= 0.3 is 0 Å². The number of nitrogens with zero attached hydrogens (tertiary/aromatic N) is 4. The van der Waals surface area contributed by atoms with Gasteiger partial charge in [0.2, 0.25) is 5.88 Å². The summed E-state index contributed by atoms with van der Waals surface area (Å²) in [6.07, 6.45) is 6.94. The van der Waals surface area contributed by atoms with Gasteiger partial charge in [-0.1, -0.05) is 0 Å². The molecule has 126 valence electrons. The van der Waals surface area contributed by atoms with E-state index < -0.39 is 0 Å². The Bertz CT molecular complexity index is 714. The van der Waals surface area contributed by atoms with Crippen molar-refractivity contribution in [2.24, 2.45) is 0 Å². The lowest BCUT2D eigenvalue weighted by atomic mass is 9.86. The Morgan fingerprint density at radius 2 is 2.00 bits per heavy atom. The highest BCUT2D eigenvalue weighted by Crippen LogP contribution is 2.34. The average Bonchev–Trinajstić information content (AvgIpc) is 2.60. The van der Waals surface area contributed by atoms with E-state index in [0.717, 1.165) is 30.7 Å². The number of rotatable bonds is 5. The lowest BCUT2D eigenvalue weighted by molar-refractivity contribution is -0.0774. The molecule has 0 spiro atoms. The van der Waals surface area contributed by atoms with Crippen LogP contribution in [0.1, 0.15) is 17.5 Å². The quantitative estimate of drug-likeness (QED) is 0.787.